The van der Waals surface area contributed by atoms with Gasteiger partial charge in [0.2, 0.25) is 5.95 Å². The number of fused-ring (bicyclic) bond motifs is 2. The van der Waals surface area contributed by atoms with Gasteiger partial charge in [-0.2, -0.15) is 13.8 Å². The molecule has 3 fully saturated rings. The molecule has 31 heavy (non-hydrogen) atoms. The highest BCUT2D eigenvalue weighted by Crippen LogP contribution is 2.36. The van der Waals surface area contributed by atoms with Crippen molar-refractivity contribution in [2.75, 3.05) is 41.8 Å². The Labute approximate surface area is 175 Å². The quantitative estimate of drug-likeness (QED) is 0.710. The number of pyridine rings is 1. The van der Waals surface area contributed by atoms with Crippen molar-refractivity contribution < 1.29 is 27.0 Å². The third-order valence-corrected chi connectivity index (χ3v) is 5.74. The Morgan fingerprint density at radius 1 is 1.26 bits per heavy atom. The van der Waals surface area contributed by atoms with Crippen molar-refractivity contribution in [3.8, 4) is 17.0 Å². The summed E-state index contributed by atoms with van der Waals surface area (Å²) in [7, 11) is 0. The van der Waals surface area contributed by atoms with Crippen LogP contribution in [0.2, 0.25) is 0 Å². The van der Waals surface area contributed by atoms with E-state index in [1.54, 1.807) is 6.07 Å². The summed E-state index contributed by atoms with van der Waals surface area (Å²) in [5, 5.41) is 0. The van der Waals surface area contributed by atoms with E-state index >= 15 is 0 Å². The average Bonchev–Trinajstić information content (AvgIpc) is 3.44. The third-order valence-electron chi connectivity index (χ3n) is 5.74. The van der Waals surface area contributed by atoms with Gasteiger partial charge in [0.15, 0.2) is 11.6 Å². The van der Waals surface area contributed by atoms with Crippen LogP contribution in [0.15, 0.2) is 18.3 Å². The lowest BCUT2D eigenvalue weighted by Crippen LogP contribution is -2.38. The van der Waals surface area contributed by atoms with Crippen molar-refractivity contribution in [3.05, 3.63) is 18.3 Å². The predicted molar refractivity (Wildman–Crippen MR) is 104 cm³/mol. The summed E-state index contributed by atoms with van der Waals surface area (Å²) < 4.78 is 63.1. The van der Waals surface area contributed by atoms with Crippen LogP contribution in [-0.2, 0) is 4.74 Å². The number of nitrogens with zero attached hydrogens (tertiary/aromatic N) is 5. The Morgan fingerprint density at radius 2 is 2.10 bits per heavy atom. The standard InChI is InChI=1S/C19H20F4N6O2/c20-17(21)31-14-3-10(6-25-16(14)24)13-5-15(29-7-12-4-11(29)8-30-12)27-18(26-13)28-2-1-19(22,23)9-28/h3,5-6,11-12,17H,1-2,4,7-9H2,(H2,24,25)/t11-,12-/m0/s1. The van der Waals surface area contributed by atoms with Crippen molar-refractivity contribution in [3.63, 3.8) is 0 Å². The van der Waals surface area contributed by atoms with Crippen LogP contribution in [0.3, 0.4) is 0 Å². The van der Waals surface area contributed by atoms with E-state index in [1.165, 1.54) is 17.2 Å². The maximum atomic E-state index is 13.8. The second-order valence-corrected chi connectivity index (χ2v) is 7.92. The highest BCUT2D eigenvalue weighted by Gasteiger charge is 2.42. The van der Waals surface area contributed by atoms with Crippen LogP contribution in [0.5, 0.6) is 5.75 Å². The maximum Gasteiger partial charge on any atom is 0.387 e. The fraction of sp³-hybridized carbons (Fsp3) is 0.526. The van der Waals surface area contributed by atoms with E-state index in [2.05, 4.69) is 24.6 Å². The molecule has 0 radical (unpaired) electrons. The molecule has 166 valence electrons. The second-order valence-electron chi connectivity index (χ2n) is 7.92. The lowest BCUT2D eigenvalue weighted by Gasteiger charge is -2.29. The predicted octanol–water partition coefficient (Wildman–Crippen LogP) is 2.55. The average molecular weight is 440 g/mol. The zero-order chi connectivity index (χ0) is 21.8. The molecule has 3 aliphatic heterocycles. The molecule has 5 heterocycles. The van der Waals surface area contributed by atoms with Gasteiger partial charge in [-0.3, -0.25) is 0 Å². The minimum Gasteiger partial charge on any atom is -0.431 e. The van der Waals surface area contributed by atoms with E-state index in [0.717, 1.165) is 6.42 Å². The highest BCUT2D eigenvalue weighted by molar-refractivity contribution is 5.68. The van der Waals surface area contributed by atoms with E-state index in [0.29, 0.717) is 30.2 Å². The molecular weight excluding hydrogens is 420 g/mol. The summed E-state index contributed by atoms with van der Waals surface area (Å²) in [6.07, 6.45) is 2.06. The number of aromatic nitrogens is 3. The van der Waals surface area contributed by atoms with Crippen LogP contribution in [-0.4, -0.2) is 65.9 Å². The van der Waals surface area contributed by atoms with Gasteiger partial charge in [0.1, 0.15) is 5.82 Å². The smallest absolute Gasteiger partial charge is 0.387 e. The van der Waals surface area contributed by atoms with Gasteiger partial charge in [-0.25, -0.2) is 18.7 Å². The molecule has 5 rings (SSSR count). The molecule has 2 atom stereocenters. The number of halogens is 4. The number of hydrogen-bond acceptors (Lipinski definition) is 8. The fourth-order valence-electron chi connectivity index (χ4n) is 4.23. The molecule has 2 bridgehead atoms. The molecule has 0 aromatic carbocycles. The normalized spacial score (nSPS) is 24.4. The van der Waals surface area contributed by atoms with Crippen LogP contribution >= 0.6 is 0 Å². The topological polar surface area (TPSA) is 89.6 Å². The van der Waals surface area contributed by atoms with E-state index in [-0.39, 0.29) is 42.6 Å². The van der Waals surface area contributed by atoms with Gasteiger partial charge in [0.25, 0.3) is 5.92 Å². The minimum absolute atomic E-state index is 0.104. The summed E-state index contributed by atoms with van der Waals surface area (Å²) >= 11 is 0. The van der Waals surface area contributed by atoms with Crippen molar-refractivity contribution in [2.45, 2.75) is 37.5 Å². The number of ether oxygens (including phenoxy) is 2. The Bertz CT molecular complexity index is 994. The number of hydrogen-bond donors (Lipinski definition) is 1. The van der Waals surface area contributed by atoms with E-state index in [9.17, 15) is 17.6 Å². The first-order chi connectivity index (χ1) is 14.8. The Morgan fingerprint density at radius 3 is 2.74 bits per heavy atom. The maximum absolute atomic E-state index is 13.8. The Hall–Kier alpha value is -2.89. The second kappa shape index (κ2) is 7.36. The Balaban J connectivity index is 1.55. The van der Waals surface area contributed by atoms with E-state index < -0.39 is 19.1 Å². The first-order valence-corrected chi connectivity index (χ1v) is 9.88. The molecule has 3 saturated heterocycles. The van der Waals surface area contributed by atoms with Crippen LogP contribution in [0.25, 0.3) is 11.3 Å². The van der Waals surface area contributed by atoms with Crippen molar-refractivity contribution in [1.82, 2.24) is 15.0 Å². The van der Waals surface area contributed by atoms with Crippen molar-refractivity contribution in [2.24, 2.45) is 0 Å². The van der Waals surface area contributed by atoms with Gasteiger partial charge in [-0.15, -0.1) is 0 Å². The van der Waals surface area contributed by atoms with Gasteiger partial charge in [-0.1, -0.05) is 0 Å². The SMILES string of the molecule is Nc1ncc(-c2cc(N3C[C@@H]4C[C@H]3CO4)nc(N3CCC(F)(F)C3)n2)cc1OC(F)F. The third kappa shape index (κ3) is 3.91. The summed E-state index contributed by atoms with van der Waals surface area (Å²) in [6, 6.07) is 3.14. The lowest BCUT2D eigenvalue weighted by atomic mass is 10.2. The van der Waals surface area contributed by atoms with Crippen molar-refractivity contribution in [1.29, 1.82) is 0 Å². The first-order valence-electron chi connectivity index (χ1n) is 9.88. The van der Waals surface area contributed by atoms with E-state index in [1.807, 2.05) is 0 Å². The summed E-state index contributed by atoms with van der Waals surface area (Å²) in [4.78, 5) is 16.4. The largest absolute Gasteiger partial charge is 0.431 e. The molecule has 12 heteroatoms. The number of anilines is 3. The minimum atomic E-state index is -3.07. The molecule has 8 nitrogen and oxygen atoms in total. The summed E-state index contributed by atoms with van der Waals surface area (Å²) in [5.41, 5.74) is 6.34. The van der Waals surface area contributed by atoms with Crippen LogP contribution in [0.4, 0.5) is 35.1 Å². The molecule has 2 N–H and O–H groups in total. The van der Waals surface area contributed by atoms with Crippen LogP contribution < -0.4 is 20.3 Å². The molecule has 2 aromatic rings. The van der Waals surface area contributed by atoms with E-state index in [4.69, 9.17) is 10.5 Å². The van der Waals surface area contributed by atoms with Gasteiger partial charge in [-0.05, 0) is 12.5 Å². The fourth-order valence-corrected chi connectivity index (χ4v) is 4.23. The summed E-state index contributed by atoms with van der Waals surface area (Å²) in [5.74, 6) is -2.57. The van der Waals surface area contributed by atoms with Gasteiger partial charge >= 0.3 is 6.61 Å². The monoisotopic (exact) mass is 440 g/mol. The van der Waals surface area contributed by atoms with Crippen LogP contribution in [0, 0.1) is 0 Å². The van der Waals surface area contributed by atoms with Gasteiger partial charge < -0.3 is 25.0 Å². The number of nitrogens with two attached hydrogens (primary N) is 1. The lowest BCUT2D eigenvalue weighted by molar-refractivity contribution is -0.0494. The van der Waals surface area contributed by atoms with Crippen LogP contribution in [0.1, 0.15) is 12.8 Å². The van der Waals surface area contributed by atoms with Crippen molar-refractivity contribution >= 4 is 17.6 Å². The summed E-state index contributed by atoms with van der Waals surface area (Å²) in [6.45, 7) is -2.23. The molecule has 0 saturated carbocycles. The number of alkyl halides is 4. The number of morpholine rings is 1. The number of rotatable bonds is 5. The first kappa shape index (κ1) is 20.0. The molecule has 0 unspecified atom stereocenters. The number of nitrogen functional groups attached to an aromatic ring is 1. The highest BCUT2D eigenvalue weighted by atomic mass is 19.3. The molecule has 0 amide bonds. The molecule has 0 spiro atoms. The Kier molecular flexibility index (Phi) is 4.76. The molecule has 2 aromatic heterocycles. The van der Waals surface area contributed by atoms with Gasteiger partial charge in [0, 0.05) is 37.3 Å². The molecule has 0 aliphatic carbocycles. The zero-order valence-corrected chi connectivity index (χ0v) is 16.3. The zero-order valence-electron chi connectivity index (χ0n) is 16.3. The van der Waals surface area contributed by atoms with Gasteiger partial charge in [0.05, 0.1) is 31.0 Å². The molecule has 3 aliphatic rings. The molecular formula is C19H20F4N6O2.